The third kappa shape index (κ3) is 2.15. The van der Waals surface area contributed by atoms with E-state index in [1.807, 2.05) is 13.0 Å². The summed E-state index contributed by atoms with van der Waals surface area (Å²) in [6.07, 6.45) is 2.10. The maximum absolute atomic E-state index is 6.01. The van der Waals surface area contributed by atoms with E-state index in [-0.39, 0.29) is 0 Å². The zero-order valence-electron chi connectivity index (χ0n) is 7.32. The van der Waals surface area contributed by atoms with Gasteiger partial charge in [-0.1, -0.05) is 42.6 Å². The Kier molecular flexibility index (Phi) is 3.42. The summed E-state index contributed by atoms with van der Waals surface area (Å²) in [4.78, 5) is 0. The van der Waals surface area contributed by atoms with Crippen LogP contribution in [-0.4, -0.2) is 0 Å². The number of aryl methyl sites for hydroxylation is 2. The van der Waals surface area contributed by atoms with E-state index in [9.17, 15) is 0 Å². The number of halogens is 2. The molecule has 1 aromatic carbocycles. The molecule has 0 nitrogen and oxygen atoms in total. The lowest BCUT2D eigenvalue weighted by molar-refractivity contribution is 0.920. The molecule has 2 heteroatoms. The van der Waals surface area contributed by atoms with E-state index in [0.717, 1.165) is 18.4 Å². The Morgan fingerprint density at radius 3 is 2.50 bits per heavy atom. The maximum atomic E-state index is 6.01. The third-order valence-electron chi connectivity index (χ3n) is 1.77. The normalized spacial score (nSPS) is 10.3. The lowest BCUT2D eigenvalue weighted by Crippen LogP contribution is -1.87. The van der Waals surface area contributed by atoms with Gasteiger partial charge in [0.05, 0.1) is 10.0 Å². The first-order chi connectivity index (χ1) is 5.65. The average Bonchev–Trinajstić information content (AvgIpc) is 2.00. The number of hydrogen-bond acceptors (Lipinski definition) is 0. The van der Waals surface area contributed by atoms with Crippen molar-refractivity contribution in [1.82, 2.24) is 0 Å². The van der Waals surface area contributed by atoms with Crippen LogP contribution in [0, 0.1) is 6.92 Å². The van der Waals surface area contributed by atoms with Crippen molar-refractivity contribution in [2.75, 3.05) is 0 Å². The Balaban J connectivity index is 3.09. The van der Waals surface area contributed by atoms with Crippen LogP contribution in [0.3, 0.4) is 0 Å². The largest absolute Gasteiger partial charge is 0.0827 e. The Hall–Kier alpha value is -0.200. The highest BCUT2D eigenvalue weighted by molar-refractivity contribution is 6.42. The van der Waals surface area contributed by atoms with Gasteiger partial charge in [0.1, 0.15) is 0 Å². The Morgan fingerprint density at radius 1 is 1.25 bits per heavy atom. The molecule has 0 aliphatic carbocycles. The van der Waals surface area contributed by atoms with E-state index in [2.05, 4.69) is 13.0 Å². The standard InChI is InChI=1S/C10H12Cl2/c1-3-4-8-5-7(2)6-9(11)10(8)12/h5-6H,3-4H2,1-2H3. The van der Waals surface area contributed by atoms with Crippen LogP contribution < -0.4 is 0 Å². The van der Waals surface area contributed by atoms with E-state index < -0.39 is 0 Å². The molecule has 12 heavy (non-hydrogen) atoms. The summed E-state index contributed by atoms with van der Waals surface area (Å²) in [6.45, 7) is 4.16. The van der Waals surface area contributed by atoms with Gasteiger partial charge in [0.25, 0.3) is 0 Å². The molecule has 0 aliphatic heterocycles. The SMILES string of the molecule is CCCc1cc(C)cc(Cl)c1Cl. The van der Waals surface area contributed by atoms with Gasteiger partial charge in [0.2, 0.25) is 0 Å². The lowest BCUT2D eigenvalue weighted by atomic mass is 10.1. The van der Waals surface area contributed by atoms with Crippen LogP contribution in [0.5, 0.6) is 0 Å². The summed E-state index contributed by atoms with van der Waals surface area (Å²) in [6, 6.07) is 3.99. The molecule has 0 heterocycles. The predicted molar refractivity (Wildman–Crippen MR) is 55.2 cm³/mol. The molecule has 0 bridgehead atoms. The van der Waals surface area contributed by atoms with Crippen molar-refractivity contribution in [1.29, 1.82) is 0 Å². The van der Waals surface area contributed by atoms with E-state index in [0.29, 0.717) is 10.0 Å². The lowest BCUT2D eigenvalue weighted by Gasteiger charge is -2.05. The van der Waals surface area contributed by atoms with Crippen molar-refractivity contribution in [3.63, 3.8) is 0 Å². The summed E-state index contributed by atoms with van der Waals surface area (Å²) >= 11 is 11.9. The molecular formula is C10H12Cl2. The second-order valence-electron chi connectivity index (χ2n) is 2.97. The van der Waals surface area contributed by atoms with Crippen molar-refractivity contribution in [3.8, 4) is 0 Å². The third-order valence-corrected chi connectivity index (χ3v) is 2.61. The number of hydrogen-bond donors (Lipinski definition) is 0. The van der Waals surface area contributed by atoms with Crippen molar-refractivity contribution in [2.45, 2.75) is 26.7 Å². The molecule has 0 saturated carbocycles. The summed E-state index contributed by atoms with van der Waals surface area (Å²) < 4.78 is 0. The molecule has 0 saturated heterocycles. The first-order valence-electron chi connectivity index (χ1n) is 4.09. The molecule has 0 spiro atoms. The van der Waals surface area contributed by atoms with Crippen LogP contribution in [0.25, 0.3) is 0 Å². The van der Waals surface area contributed by atoms with Gasteiger partial charge in [-0.2, -0.15) is 0 Å². The summed E-state index contributed by atoms with van der Waals surface area (Å²) in [5, 5.41) is 1.38. The Labute approximate surface area is 83.5 Å². The van der Waals surface area contributed by atoms with Crippen LogP contribution in [-0.2, 0) is 6.42 Å². The molecule has 0 unspecified atom stereocenters. The minimum absolute atomic E-state index is 0.667. The number of benzene rings is 1. The second kappa shape index (κ2) is 4.15. The fraction of sp³-hybridized carbons (Fsp3) is 0.400. The molecule has 1 aromatic rings. The molecular weight excluding hydrogens is 191 g/mol. The highest BCUT2D eigenvalue weighted by Crippen LogP contribution is 2.28. The van der Waals surface area contributed by atoms with E-state index in [1.54, 1.807) is 0 Å². The molecule has 66 valence electrons. The van der Waals surface area contributed by atoms with E-state index >= 15 is 0 Å². The second-order valence-corrected chi connectivity index (χ2v) is 3.76. The molecule has 0 fully saturated rings. The van der Waals surface area contributed by atoms with Crippen molar-refractivity contribution in [2.24, 2.45) is 0 Å². The van der Waals surface area contributed by atoms with Gasteiger partial charge in [-0.15, -0.1) is 0 Å². The van der Waals surface area contributed by atoms with Gasteiger partial charge < -0.3 is 0 Å². The first kappa shape index (κ1) is 9.88. The summed E-state index contributed by atoms with van der Waals surface area (Å²) in [5.41, 5.74) is 2.33. The monoisotopic (exact) mass is 202 g/mol. The molecule has 0 aromatic heterocycles. The van der Waals surface area contributed by atoms with Gasteiger partial charge in [0.15, 0.2) is 0 Å². The molecule has 0 amide bonds. The minimum Gasteiger partial charge on any atom is -0.0827 e. The van der Waals surface area contributed by atoms with Gasteiger partial charge in [0, 0.05) is 0 Å². The summed E-state index contributed by atoms with van der Waals surface area (Å²) in [5.74, 6) is 0. The van der Waals surface area contributed by atoms with Gasteiger partial charge in [-0.25, -0.2) is 0 Å². The highest BCUT2D eigenvalue weighted by Gasteiger charge is 2.04. The van der Waals surface area contributed by atoms with Crippen LogP contribution >= 0.6 is 23.2 Å². The van der Waals surface area contributed by atoms with Gasteiger partial charge in [-0.3, -0.25) is 0 Å². The quantitative estimate of drug-likeness (QED) is 0.673. The average molecular weight is 203 g/mol. The topological polar surface area (TPSA) is 0 Å². The zero-order chi connectivity index (χ0) is 9.14. The fourth-order valence-corrected chi connectivity index (χ4v) is 1.74. The molecule has 0 radical (unpaired) electrons. The van der Waals surface area contributed by atoms with Crippen molar-refractivity contribution < 1.29 is 0 Å². The van der Waals surface area contributed by atoms with Gasteiger partial charge >= 0.3 is 0 Å². The molecule has 0 atom stereocenters. The molecule has 0 aliphatic rings. The zero-order valence-corrected chi connectivity index (χ0v) is 8.84. The van der Waals surface area contributed by atoms with E-state index in [4.69, 9.17) is 23.2 Å². The predicted octanol–water partition coefficient (Wildman–Crippen LogP) is 4.25. The number of rotatable bonds is 2. The van der Waals surface area contributed by atoms with Crippen LogP contribution in [0.4, 0.5) is 0 Å². The summed E-state index contributed by atoms with van der Waals surface area (Å²) in [7, 11) is 0. The Bertz CT molecular complexity index is 279. The first-order valence-corrected chi connectivity index (χ1v) is 4.85. The van der Waals surface area contributed by atoms with Crippen molar-refractivity contribution in [3.05, 3.63) is 33.3 Å². The molecule has 1 rings (SSSR count). The fourth-order valence-electron chi connectivity index (χ4n) is 1.25. The van der Waals surface area contributed by atoms with Crippen LogP contribution in [0.2, 0.25) is 10.0 Å². The van der Waals surface area contributed by atoms with Crippen molar-refractivity contribution >= 4 is 23.2 Å². The smallest absolute Gasteiger partial charge is 0.0624 e. The van der Waals surface area contributed by atoms with Gasteiger partial charge in [-0.05, 0) is 30.5 Å². The van der Waals surface area contributed by atoms with Crippen LogP contribution in [0.15, 0.2) is 12.1 Å². The minimum atomic E-state index is 0.667. The van der Waals surface area contributed by atoms with E-state index in [1.165, 1.54) is 5.56 Å². The molecule has 0 N–H and O–H groups in total. The van der Waals surface area contributed by atoms with Crippen LogP contribution in [0.1, 0.15) is 24.5 Å². The Morgan fingerprint density at radius 2 is 1.92 bits per heavy atom. The maximum Gasteiger partial charge on any atom is 0.0624 e. The highest BCUT2D eigenvalue weighted by atomic mass is 35.5.